The zero-order valence-corrected chi connectivity index (χ0v) is 13.5. The Morgan fingerprint density at radius 3 is 2.90 bits per heavy atom. The van der Waals surface area contributed by atoms with Crippen molar-refractivity contribution in [3.8, 4) is 0 Å². The van der Waals surface area contributed by atoms with Gasteiger partial charge >= 0.3 is 0 Å². The van der Waals surface area contributed by atoms with Crippen LogP contribution in [0.4, 0.5) is 10.1 Å². The SMILES string of the molecule is CCC(C)n1ccc(CNc2cc(F)c(Br)cc2C)n1. The minimum absolute atomic E-state index is 0.261. The number of hydrogen-bond donors (Lipinski definition) is 1. The molecule has 1 aromatic carbocycles. The first-order valence-electron chi connectivity index (χ1n) is 6.74. The molecule has 1 unspecified atom stereocenters. The van der Waals surface area contributed by atoms with E-state index in [9.17, 15) is 4.39 Å². The number of benzene rings is 1. The summed E-state index contributed by atoms with van der Waals surface area (Å²) in [6.45, 7) is 6.81. The summed E-state index contributed by atoms with van der Waals surface area (Å²) >= 11 is 3.18. The van der Waals surface area contributed by atoms with Gasteiger partial charge in [0.05, 0.1) is 16.7 Å². The second-order valence-corrected chi connectivity index (χ2v) is 5.83. The van der Waals surface area contributed by atoms with Gasteiger partial charge in [-0.2, -0.15) is 5.10 Å². The summed E-state index contributed by atoms with van der Waals surface area (Å²) in [4.78, 5) is 0. The number of halogens is 2. The lowest BCUT2D eigenvalue weighted by atomic mass is 10.2. The van der Waals surface area contributed by atoms with E-state index in [-0.39, 0.29) is 5.82 Å². The van der Waals surface area contributed by atoms with Gasteiger partial charge in [-0.25, -0.2) is 4.39 Å². The van der Waals surface area contributed by atoms with Crippen LogP contribution in [0, 0.1) is 12.7 Å². The zero-order valence-electron chi connectivity index (χ0n) is 12.0. The number of aromatic nitrogens is 2. The van der Waals surface area contributed by atoms with Crippen LogP contribution in [0.5, 0.6) is 0 Å². The highest BCUT2D eigenvalue weighted by Gasteiger charge is 2.07. The van der Waals surface area contributed by atoms with Gasteiger partial charge in [-0.1, -0.05) is 6.92 Å². The van der Waals surface area contributed by atoms with E-state index in [1.807, 2.05) is 23.9 Å². The summed E-state index contributed by atoms with van der Waals surface area (Å²) in [5, 5.41) is 7.75. The Bertz CT molecular complexity index is 595. The Morgan fingerprint density at radius 2 is 2.20 bits per heavy atom. The van der Waals surface area contributed by atoms with Gasteiger partial charge in [0.25, 0.3) is 0 Å². The van der Waals surface area contributed by atoms with Crippen LogP contribution in [0.1, 0.15) is 37.6 Å². The molecule has 1 aromatic heterocycles. The van der Waals surface area contributed by atoms with Crippen molar-refractivity contribution >= 4 is 21.6 Å². The van der Waals surface area contributed by atoms with E-state index < -0.39 is 0 Å². The molecule has 0 bridgehead atoms. The highest BCUT2D eigenvalue weighted by atomic mass is 79.9. The van der Waals surface area contributed by atoms with Crippen molar-refractivity contribution < 1.29 is 4.39 Å². The van der Waals surface area contributed by atoms with E-state index in [2.05, 4.69) is 40.2 Å². The van der Waals surface area contributed by atoms with Gasteiger partial charge in [-0.15, -0.1) is 0 Å². The maximum Gasteiger partial charge on any atom is 0.139 e. The molecule has 0 amide bonds. The Morgan fingerprint density at radius 1 is 1.45 bits per heavy atom. The average molecular weight is 340 g/mol. The third-order valence-electron chi connectivity index (χ3n) is 3.43. The first-order chi connectivity index (χ1) is 9.51. The molecule has 0 aliphatic rings. The molecule has 5 heteroatoms. The van der Waals surface area contributed by atoms with Gasteiger partial charge in [0.1, 0.15) is 5.82 Å². The number of nitrogens with one attached hydrogen (secondary N) is 1. The molecular formula is C15H19BrFN3. The fraction of sp³-hybridized carbons (Fsp3) is 0.400. The molecular weight excluding hydrogens is 321 g/mol. The van der Waals surface area contributed by atoms with E-state index in [1.165, 1.54) is 6.07 Å². The molecule has 0 aliphatic carbocycles. The van der Waals surface area contributed by atoms with Crippen molar-refractivity contribution in [3.05, 3.63) is 45.9 Å². The first-order valence-corrected chi connectivity index (χ1v) is 7.54. The van der Waals surface area contributed by atoms with Crippen molar-refractivity contribution in [2.75, 3.05) is 5.32 Å². The molecule has 0 fully saturated rings. The smallest absolute Gasteiger partial charge is 0.139 e. The van der Waals surface area contributed by atoms with Gasteiger partial charge in [-0.05, 0) is 60.0 Å². The lowest BCUT2D eigenvalue weighted by Crippen LogP contribution is -2.07. The van der Waals surface area contributed by atoms with Crippen LogP contribution in [0.2, 0.25) is 0 Å². The quantitative estimate of drug-likeness (QED) is 0.857. The van der Waals surface area contributed by atoms with E-state index in [0.29, 0.717) is 17.1 Å². The van der Waals surface area contributed by atoms with Crippen molar-refractivity contribution in [1.82, 2.24) is 9.78 Å². The molecule has 1 N–H and O–H groups in total. The largest absolute Gasteiger partial charge is 0.379 e. The number of hydrogen-bond acceptors (Lipinski definition) is 2. The Kier molecular flexibility index (Phi) is 4.81. The van der Waals surface area contributed by atoms with E-state index in [1.54, 1.807) is 6.07 Å². The monoisotopic (exact) mass is 339 g/mol. The summed E-state index contributed by atoms with van der Waals surface area (Å²) in [5.74, 6) is -0.261. The summed E-state index contributed by atoms with van der Waals surface area (Å²) in [5.41, 5.74) is 2.75. The van der Waals surface area contributed by atoms with Crippen molar-refractivity contribution in [3.63, 3.8) is 0 Å². The van der Waals surface area contributed by atoms with Crippen molar-refractivity contribution in [1.29, 1.82) is 0 Å². The zero-order chi connectivity index (χ0) is 14.7. The Balaban J connectivity index is 2.05. The normalized spacial score (nSPS) is 12.4. The molecule has 0 radical (unpaired) electrons. The minimum atomic E-state index is -0.261. The second kappa shape index (κ2) is 6.39. The van der Waals surface area contributed by atoms with E-state index in [4.69, 9.17) is 0 Å². The van der Waals surface area contributed by atoms with Crippen LogP contribution in [-0.4, -0.2) is 9.78 Å². The van der Waals surface area contributed by atoms with Gasteiger partial charge in [0.2, 0.25) is 0 Å². The third-order valence-corrected chi connectivity index (χ3v) is 4.04. The third kappa shape index (κ3) is 3.39. The molecule has 1 heterocycles. The highest BCUT2D eigenvalue weighted by molar-refractivity contribution is 9.10. The molecule has 0 aliphatic heterocycles. The molecule has 108 valence electrons. The lowest BCUT2D eigenvalue weighted by molar-refractivity contribution is 0.474. The molecule has 3 nitrogen and oxygen atoms in total. The Labute approximate surface area is 127 Å². The number of anilines is 1. The maximum absolute atomic E-state index is 13.5. The summed E-state index contributed by atoms with van der Waals surface area (Å²) < 4.78 is 16.0. The fourth-order valence-corrected chi connectivity index (χ4v) is 2.38. The first kappa shape index (κ1) is 15.0. The number of rotatable bonds is 5. The highest BCUT2D eigenvalue weighted by Crippen LogP contribution is 2.24. The number of nitrogens with zero attached hydrogens (tertiary/aromatic N) is 2. The molecule has 0 spiro atoms. The van der Waals surface area contributed by atoms with Crippen molar-refractivity contribution in [2.24, 2.45) is 0 Å². The van der Waals surface area contributed by atoms with Crippen LogP contribution in [0.15, 0.2) is 28.9 Å². The standard InChI is InChI=1S/C15H19BrFN3/c1-4-11(3)20-6-5-12(19-20)9-18-15-8-14(17)13(16)7-10(15)2/h5-8,11,18H,4,9H2,1-3H3. The van der Waals surface area contributed by atoms with Gasteiger partial charge < -0.3 is 5.32 Å². The molecule has 0 saturated heterocycles. The van der Waals surface area contributed by atoms with Crippen LogP contribution in [-0.2, 0) is 6.54 Å². The average Bonchev–Trinajstić information content (AvgIpc) is 2.89. The molecule has 1 atom stereocenters. The van der Waals surface area contributed by atoms with Crippen LogP contribution in [0.25, 0.3) is 0 Å². The lowest BCUT2D eigenvalue weighted by Gasteiger charge is -2.10. The molecule has 2 rings (SSSR count). The predicted octanol–water partition coefficient (Wildman–Crippen LogP) is 4.68. The maximum atomic E-state index is 13.5. The van der Waals surface area contributed by atoms with Gasteiger partial charge in [-0.3, -0.25) is 4.68 Å². The molecule has 0 saturated carbocycles. The fourth-order valence-electron chi connectivity index (χ4n) is 1.93. The van der Waals surface area contributed by atoms with Crippen LogP contribution in [0.3, 0.4) is 0 Å². The summed E-state index contributed by atoms with van der Waals surface area (Å²) in [6, 6.07) is 5.67. The summed E-state index contributed by atoms with van der Waals surface area (Å²) in [7, 11) is 0. The van der Waals surface area contributed by atoms with Gasteiger partial charge in [0.15, 0.2) is 0 Å². The minimum Gasteiger partial charge on any atom is -0.379 e. The summed E-state index contributed by atoms with van der Waals surface area (Å²) in [6.07, 6.45) is 3.03. The predicted molar refractivity (Wildman–Crippen MR) is 83.4 cm³/mol. The van der Waals surface area contributed by atoms with Gasteiger partial charge in [0, 0.05) is 17.9 Å². The number of aryl methyl sites for hydroxylation is 1. The van der Waals surface area contributed by atoms with Crippen molar-refractivity contribution in [2.45, 2.75) is 39.8 Å². The van der Waals surface area contributed by atoms with Crippen LogP contribution < -0.4 is 5.32 Å². The second-order valence-electron chi connectivity index (χ2n) is 4.98. The van der Waals surface area contributed by atoms with E-state index >= 15 is 0 Å². The molecule has 2 aromatic rings. The molecule has 20 heavy (non-hydrogen) atoms. The van der Waals surface area contributed by atoms with E-state index in [0.717, 1.165) is 23.4 Å². The Hall–Kier alpha value is -1.36. The van der Waals surface area contributed by atoms with Crippen LogP contribution >= 0.6 is 15.9 Å². The topological polar surface area (TPSA) is 29.9 Å².